The van der Waals surface area contributed by atoms with Crippen molar-refractivity contribution in [2.45, 2.75) is 6.04 Å². The first-order valence-electron chi connectivity index (χ1n) is 5.57. The number of nitrogens with two attached hydrogens (primary N) is 1. The van der Waals surface area contributed by atoms with Gasteiger partial charge in [0.1, 0.15) is 18.4 Å². The van der Waals surface area contributed by atoms with Gasteiger partial charge in [0.25, 0.3) is 0 Å². The third kappa shape index (κ3) is 3.26. The lowest BCUT2D eigenvalue weighted by Gasteiger charge is -2.30. The van der Waals surface area contributed by atoms with Gasteiger partial charge in [0.15, 0.2) is 5.78 Å². The van der Waals surface area contributed by atoms with Gasteiger partial charge in [0.2, 0.25) is 0 Å². The van der Waals surface area contributed by atoms with Crippen molar-refractivity contribution in [2.24, 2.45) is 5.84 Å². The highest BCUT2D eigenvalue weighted by atomic mass is 16.5. The SMILES string of the molecule is NN1CCOCC1C(=O)COc1ccccc1. The molecule has 0 radical (unpaired) electrons. The number of benzene rings is 1. The molecule has 1 saturated heterocycles. The van der Waals surface area contributed by atoms with Gasteiger partial charge in [0, 0.05) is 6.54 Å². The van der Waals surface area contributed by atoms with Gasteiger partial charge in [-0.15, -0.1) is 0 Å². The zero-order valence-electron chi connectivity index (χ0n) is 9.54. The third-order valence-electron chi connectivity index (χ3n) is 2.67. The van der Waals surface area contributed by atoms with Crippen molar-refractivity contribution >= 4 is 5.78 Å². The van der Waals surface area contributed by atoms with Gasteiger partial charge >= 0.3 is 0 Å². The summed E-state index contributed by atoms with van der Waals surface area (Å²) in [6.45, 7) is 1.50. The number of hydrazine groups is 1. The van der Waals surface area contributed by atoms with E-state index in [9.17, 15) is 4.79 Å². The van der Waals surface area contributed by atoms with Crippen LogP contribution in [0.4, 0.5) is 0 Å². The van der Waals surface area contributed by atoms with Crippen LogP contribution in [0.2, 0.25) is 0 Å². The van der Waals surface area contributed by atoms with Crippen molar-refractivity contribution in [2.75, 3.05) is 26.4 Å². The monoisotopic (exact) mass is 236 g/mol. The Kier molecular flexibility index (Phi) is 4.08. The lowest BCUT2D eigenvalue weighted by molar-refractivity contribution is -0.132. The number of ketones is 1. The zero-order valence-corrected chi connectivity index (χ0v) is 9.54. The maximum Gasteiger partial charge on any atom is 0.190 e. The summed E-state index contributed by atoms with van der Waals surface area (Å²) in [6, 6.07) is 8.84. The molecule has 0 bridgehead atoms. The first-order chi connectivity index (χ1) is 8.27. The molecule has 2 N–H and O–H groups in total. The lowest BCUT2D eigenvalue weighted by Crippen LogP contribution is -2.54. The Morgan fingerprint density at radius 1 is 1.47 bits per heavy atom. The molecule has 0 saturated carbocycles. The molecule has 1 aromatic carbocycles. The predicted octanol–water partition coefficient (Wildman–Crippen LogP) is 0.209. The average Bonchev–Trinajstić information content (AvgIpc) is 2.38. The fraction of sp³-hybridized carbons (Fsp3) is 0.417. The van der Waals surface area contributed by atoms with E-state index in [2.05, 4.69) is 0 Å². The second kappa shape index (κ2) is 5.77. The molecule has 5 heteroatoms. The van der Waals surface area contributed by atoms with Crippen LogP contribution in [0.5, 0.6) is 5.75 Å². The van der Waals surface area contributed by atoms with Crippen LogP contribution in [0.25, 0.3) is 0 Å². The van der Waals surface area contributed by atoms with Gasteiger partial charge in [-0.25, -0.2) is 5.01 Å². The van der Waals surface area contributed by atoms with Gasteiger partial charge in [-0.05, 0) is 12.1 Å². The first kappa shape index (κ1) is 12.0. The second-order valence-corrected chi connectivity index (χ2v) is 3.90. The van der Waals surface area contributed by atoms with E-state index in [0.717, 1.165) is 0 Å². The molecule has 5 nitrogen and oxygen atoms in total. The molecule has 1 atom stereocenters. The molecule has 0 spiro atoms. The van der Waals surface area contributed by atoms with Crippen molar-refractivity contribution in [3.8, 4) is 5.75 Å². The fourth-order valence-corrected chi connectivity index (χ4v) is 1.66. The average molecular weight is 236 g/mol. The summed E-state index contributed by atoms with van der Waals surface area (Å²) < 4.78 is 10.6. The van der Waals surface area contributed by atoms with Crippen molar-refractivity contribution in [1.82, 2.24) is 5.01 Å². The molecule has 0 aliphatic carbocycles. The smallest absolute Gasteiger partial charge is 0.190 e. The Labute approximate surface area is 100 Å². The van der Waals surface area contributed by atoms with E-state index < -0.39 is 6.04 Å². The topological polar surface area (TPSA) is 64.8 Å². The number of para-hydroxylation sites is 1. The Morgan fingerprint density at radius 2 is 2.24 bits per heavy atom. The van der Waals surface area contributed by atoms with E-state index in [1.165, 1.54) is 5.01 Å². The van der Waals surface area contributed by atoms with Crippen LogP contribution in [0.3, 0.4) is 0 Å². The summed E-state index contributed by atoms with van der Waals surface area (Å²) in [4.78, 5) is 11.9. The number of carbonyl (C=O) groups excluding carboxylic acids is 1. The molecule has 1 heterocycles. The van der Waals surface area contributed by atoms with Crippen LogP contribution in [-0.2, 0) is 9.53 Å². The van der Waals surface area contributed by atoms with Crippen molar-refractivity contribution in [3.63, 3.8) is 0 Å². The number of Topliss-reactive ketones (excluding diaryl/α,β-unsaturated/α-hetero) is 1. The van der Waals surface area contributed by atoms with E-state index in [4.69, 9.17) is 15.3 Å². The minimum absolute atomic E-state index is 0.0196. The third-order valence-corrected chi connectivity index (χ3v) is 2.67. The molecule has 17 heavy (non-hydrogen) atoms. The molecule has 1 unspecified atom stereocenters. The number of carbonyl (C=O) groups is 1. The minimum atomic E-state index is -0.396. The largest absolute Gasteiger partial charge is 0.486 e. The lowest BCUT2D eigenvalue weighted by atomic mass is 10.2. The van der Waals surface area contributed by atoms with Gasteiger partial charge in [-0.1, -0.05) is 18.2 Å². The summed E-state index contributed by atoms with van der Waals surface area (Å²) in [5, 5.41) is 1.51. The van der Waals surface area contributed by atoms with Crippen molar-refractivity contribution in [3.05, 3.63) is 30.3 Å². The molecule has 1 aliphatic heterocycles. The number of nitrogens with zero attached hydrogens (tertiary/aromatic N) is 1. The highest BCUT2D eigenvalue weighted by Gasteiger charge is 2.27. The highest BCUT2D eigenvalue weighted by Crippen LogP contribution is 2.09. The standard InChI is InChI=1S/C12H16N2O3/c13-14-6-7-16-8-11(14)12(15)9-17-10-4-2-1-3-5-10/h1-5,11H,6-9,13H2. The van der Waals surface area contributed by atoms with Gasteiger partial charge in [0.05, 0.1) is 13.2 Å². The van der Waals surface area contributed by atoms with Crippen LogP contribution in [0.1, 0.15) is 0 Å². The second-order valence-electron chi connectivity index (χ2n) is 3.90. The Balaban J connectivity index is 1.84. The van der Waals surface area contributed by atoms with E-state index in [1.54, 1.807) is 0 Å². The normalized spacial score (nSPS) is 21.1. The molecule has 2 rings (SSSR count). The Hall–Kier alpha value is -1.43. The first-order valence-corrected chi connectivity index (χ1v) is 5.57. The molecule has 0 amide bonds. The van der Waals surface area contributed by atoms with Gasteiger partial charge < -0.3 is 9.47 Å². The van der Waals surface area contributed by atoms with E-state index in [1.807, 2.05) is 30.3 Å². The molecular formula is C12H16N2O3. The minimum Gasteiger partial charge on any atom is -0.486 e. The van der Waals surface area contributed by atoms with Gasteiger partial charge in [-0.3, -0.25) is 10.6 Å². The molecule has 1 aromatic rings. The fourth-order valence-electron chi connectivity index (χ4n) is 1.66. The molecule has 1 aliphatic rings. The molecular weight excluding hydrogens is 220 g/mol. The summed E-state index contributed by atoms with van der Waals surface area (Å²) in [5.41, 5.74) is 0. The van der Waals surface area contributed by atoms with Crippen molar-refractivity contribution < 1.29 is 14.3 Å². The number of morpholine rings is 1. The molecule has 1 fully saturated rings. The molecule has 92 valence electrons. The van der Waals surface area contributed by atoms with Crippen LogP contribution in [0.15, 0.2) is 30.3 Å². The van der Waals surface area contributed by atoms with E-state index >= 15 is 0 Å². The Bertz CT molecular complexity index is 369. The summed E-state index contributed by atoms with van der Waals surface area (Å²) >= 11 is 0. The predicted molar refractivity (Wildman–Crippen MR) is 62.4 cm³/mol. The van der Waals surface area contributed by atoms with E-state index in [-0.39, 0.29) is 12.4 Å². The van der Waals surface area contributed by atoms with Crippen LogP contribution in [0, 0.1) is 0 Å². The van der Waals surface area contributed by atoms with Crippen LogP contribution in [-0.4, -0.2) is 43.2 Å². The maximum atomic E-state index is 11.9. The van der Waals surface area contributed by atoms with Crippen molar-refractivity contribution in [1.29, 1.82) is 0 Å². The summed E-state index contributed by atoms with van der Waals surface area (Å²) in [7, 11) is 0. The van der Waals surface area contributed by atoms with Crippen LogP contribution < -0.4 is 10.6 Å². The molecule has 0 aromatic heterocycles. The number of ether oxygens (including phenoxy) is 2. The maximum absolute atomic E-state index is 11.9. The summed E-state index contributed by atoms with van der Waals surface area (Å²) in [5.74, 6) is 6.35. The Morgan fingerprint density at radius 3 is 2.94 bits per heavy atom. The number of hydrogen-bond donors (Lipinski definition) is 1. The number of rotatable bonds is 4. The highest BCUT2D eigenvalue weighted by molar-refractivity contribution is 5.85. The number of hydrogen-bond acceptors (Lipinski definition) is 5. The summed E-state index contributed by atoms with van der Waals surface area (Å²) in [6.07, 6.45) is 0. The quantitative estimate of drug-likeness (QED) is 0.757. The van der Waals surface area contributed by atoms with Crippen LogP contribution >= 0.6 is 0 Å². The van der Waals surface area contributed by atoms with Gasteiger partial charge in [-0.2, -0.15) is 0 Å². The van der Waals surface area contributed by atoms with E-state index in [0.29, 0.717) is 25.5 Å². The zero-order chi connectivity index (χ0) is 12.1.